The van der Waals surface area contributed by atoms with Crippen molar-refractivity contribution in [2.75, 3.05) is 19.1 Å². The molecule has 1 aromatic rings. The second kappa shape index (κ2) is 7.26. The van der Waals surface area contributed by atoms with E-state index in [2.05, 4.69) is 0 Å². The summed E-state index contributed by atoms with van der Waals surface area (Å²) in [5, 5.41) is 0. The zero-order valence-electron chi connectivity index (χ0n) is 9.98. The van der Waals surface area contributed by atoms with Crippen molar-refractivity contribution in [2.45, 2.75) is 19.0 Å². The molecule has 17 heavy (non-hydrogen) atoms. The fourth-order valence-electron chi connectivity index (χ4n) is 1.40. The van der Waals surface area contributed by atoms with E-state index in [1.54, 1.807) is 23.7 Å². The highest BCUT2D eigenvalue weighted by atomic mass is 35.5. The quantitative estimate of drug-likeness (QED) is 0.876. The van der Waals surface area contributed by atoms with Gasteiger partial charge in [0, 0.05) is 11.9 Å². The smallest absolute Gasteiger partial charge is 0.239 e. The molecule has 1 amide bonds. The Hall–Kier alpha value is -0.230. The number of thioether (sulfide) groups is 1. The van der Waals surface area contributed by atoms with Crippen molar-refractivity contribution in [1.82, 2.24) is 4.90 Å². The Bertz CT molecular complexity index is 370. The second-order valence-corrected chi connectivity index (χ2v) is 6.57. The average molecular weight is 293 g/mol. The van der Waals surface area contributed by atoms with Crippen LogP contribution in [-0.4, -0.2) is 35.9 Å². The molecule has 3 nitrogen and oxygen atoms in total. The molecule has 1 atom stereocenters. The molecule has 0 saturated heterocycles. The largest absolute Gasteiger partial charge is 0.339 e. The molecule has 0 aliphatic carbocycles. The van der Waals surface area contributed by atoms with Crippen molar-refractivity contribution in [3.8, 4) is 0 Å². The maximum Gasteiger partial charge on any atom is 0.239 e. The van der Waals surface area contributed by atoms with Crippen molar-refractivity contribution >= 4 is 40.6 Å². The molecule has 0 bridgehead atoms. The predicted molar refractivity (Wildman–Crippen MR) is 76.8 cm³/mol. The number of carbonyl (C=O) groups excluding carboxylic acids is 1. The number of carbonyl (C=O) groups is 1. The van der Waals surface area contributed by atoms with Crippen LogP contribution in [0.25, 0.3) is 0 Å². The highest BCUT2D eigenvalue weighted by Crippen LogP contribution is 2.22. The number of likely N-dealkylation sites (N-methyl/N-ethyl adjacent to an activating group) is 1. The summed E-state index contributed by atoms with van der Waals surface area (Å²) in [5.41, 5.74) is 5.84. The van der Waals surface area contributed by atoms with Crippen LogP contribution in [0.5, 0.6) is 0 Å². The van der Waals surface area contributed by atoms with E-state index >= 15 is 0 Å². The molecule has 0 aliphatic rings. The lowest BCUT2D eigenvalue weighted by Gasteiger charge is -2.20. The van der Waals surface area contributed by atoms with E-state index in [0.717, 1.165) is 21.4 Å². The third-order valence-corrected chi connectivity index (χ3v) is 4.21. The lowest BCUT2D eigenvalue weighted by molar-refractivity contribution is -0.131. The molecular weight excluding hydrogens is 276 g/mol. The van der Waals surface area contributed by atoms with Crippen molar-refractivity contribution in [1.29, 1.82) is 0 Å². The maximum absolute atomic E-state index is 11.9. The molecule has 0 radical (unpaired) electrons. The van der Waals surface area contributed by atoms with Gasteiger partial charge in [0.25, 0.3) is 0 Å². The van der Waals surface area contributed by atoms with Gasteiger partial charge in [0.1, 0.15) is 0 Å². The third-order valence-electron chi connectivity index (χ3n) is 2.35. The van der Waals surface area contributed by atoms with Crippen molar-refractivity contribution in [3.05, 3.63) is 21.3 Å². The lowest BCUT2D eigenvalue weighted by atomic mass is 10.2. The minimum Gasteiger partial charge on any atom is -0.339 e. The van der Waals surface area contributed by atoms with Gasteiger partial charge in [0.05, 0.1) is 16.9 Å². The molecule has 6 heteroatoms. The summed E-state index contributed by atoms with van der Waals surface area (Å²) in [6, 6.07) is 3.38. The topological polar surface area (TPSA) is 46.3 Å². The fourth-order valence-corrected chi connectivity index (χ4v) is 3.03. The zero-order chi connectivity index (χ0) is 12.8. The van der Waals surface area contributed by atoms with Crippen LogP contribution in [0, 0.1) is 0 Å². The van der Waals surface area contributed by atoms with Gasteiger partial charge >= 0.3 is 0 Å². The van der Waals surface area contributed by atoms with Crippen LogP contribution in [-0.2, 0) is 11.3 Å². The molecule has 0 fully saturated rings. The summed E-state index contributed by atoms with van der Waals surface area (Å²) in [6.07, 6.45) is 2.73. The van der Waals surface area contributed by atoms with Gasteiger partial charge in [-0.15, -0.1) is 11.3 Å². The van der Waals surface area contributed by atoms with E-state index in [4.69, 9.17) is 17.3 Å². The number of hydrogen-bond donors (Lipinski definition) is 1. The van der Waals surface area contributed by atoms with Gasteiger partial charge in [0.2, 0.25) is 5.91 Å². The minimum absolute atomic E-state index is 0.0106. The summed E-state index contributed by atoms with van der Waals surface area (Å²) in [6.45, 7) is 0.573. The number of nitrogens with zero attached hydrogens (tertiary/aromatic N) is 1. The second-order valence-electron chi connectivity index (χ2n) is 3.79. The molecule has 2 N–H and O–H groups in total. The number of halogens is 1. The maximum atomic E-state index is 11.9. The first-order valence-electron chi connectivity index (χ1n) is 5.28. The van der Waals surface area contributed by atoms with Crippen molar-refractivity contribution < 1.29 is 4.79 Å². The summed E-state index contributed by atoms with van der Waals surface area (Å²) >= 11 is 9.03. The number of nitrogens with two attached hydrogens (primary N) is 1. The molecule has 0 saturated carbocycles. The van der Waals surface area contributed by atoms with Crippen LogP contribution in [0.2, 0.25) is 4.34 Å². The van der Waals surface area contributed by atoms with Crippen molar-refractivity contribution in [3.63, 3.8) is 0 Å². The van der Waals surface area contributed by atoms with Crippen LogP contribution in [0.4, 0.5) is 0 Å². The van der Waals surface area contributed by atoms with E-state index in [1.165, 1.54) is 11.3 Å². The molecule has 1 heterocycles. The standard InChI is InChI=1S/C11H17ClN2OS2/c1-14(7-8-3-4-10(12)17-8)11(15)9(13)5-6-16-2/h3-4,9H,5-7,13H2,1-2H3/t9-/m0/s1. The van der Waals surface area contributed by atoms with Crippen LogP contribution in [0.1, 0.15) is 11.3 Å². The van der Waals surface area contributed by atoms with Crippen LogP contribution in [0.3, 0.4) is 0 Å². The Balaban J connectivity index is 2.46. The van der Waals surface area contributed by atoms with Gasteiger partial charge < -0.3 is 10.6 Å². The average Bonchev–Trinajstić information content (AvgIpc) is 2.70. The van der Waals surface area contributed by atoms with E-state index in [9.17, 15) is 4.79 Å². The zero-order valence-corrected chi connectivity index (χ0v) is 12.4. The Labute approximate surface area is 115 Å². The molecule has 0 unspecified atom stereocenters. The van der Waals surface area contributed by atoms with Gasteiger partial charge in [-0.25, -0.2) is 0 Å². The minimum atomic E-state index is -0.400. The van der Waals surface area contributed by atoms with Crippen LogP contribution < -0.4 is 5.73 Å². The summed E-state index contributed by atoms with van der Waals surface area (Å²) in [7, 11) is 1.77. The first-order chi connectivity index (χ1) is 8.04. The lowest BCUT2D eigenvalue weighted by Crippen LogP contribution is -2.41. The van der Waals surface area contributed by atoms with Gasteiger partial charge in [-0.2, -0.15) is 11.8 Å². The van der Waals surface area contributed by atoms with Crippen LogP contribution >= 0.6 is 34.7 Å². The SMILES string of the molecule is CSCC[C@H](N)C(=O)N(C)Cc1ccc(Cl)s1. The molecule has 96 valence electrons. The van der Waals surface area contributed by atoms with E-state index in [-0.39, 0.29) is 5.91 Å². The van der Waals surface area contributed by atoms with E-state index < -0.39 is 6.04 Å². The summed E-state index contributed by atoms with van der Waals surface area (Å²) in [5.74, 6) is 0.898. The Morgan fingerprint density at radius 3 is 2.88 bits per heavy atom. The molecule has 0 aromatic carbocycles. The monoisotopic (exact) mass is 292 g/mol. The number of amides is 1. The number of thiophene rings is 1. The van der Waals surface area contributed by atoms with Gasteiger partial charge in [-0.05, 0) is 30.6 Å². The molecular formula is C11H17ClN2OS2. The first-order valence-corrected chi connectivity index (χ1v) is 7.87. The van der Waals surface area contributed by atoms with Crippen molar-refractivity contribution in [2.24, 2.45) is 5.73 Å². The highest BCUT2D eigenvalue weighted by Gasteiger charge is 2.18. The summed E-state index contributed by atoms with van der Waals surface area (Å²) in [4.78, 5) is 14.7. The van der Waals surface area contributed by atoms with E-state index in [1.807, 2.05) is 18.4 Å². The highest BCUT2D eigenvalue weighted by molar-refractivity contribution is 7.98. The molecule has 0 aliphatic heterocycles. The summed E-state index contributed by atoms with van der Waals surface area (Å²) < 4.78 is 0.743. The normalized spacial score (nSPS) is 12.5. The molecule has 1 aromatic heterocycles. The predicted octanol–water partition coefficient (Wildman–Crippen LogP) is 2.44. The van der Waals surface area contributed by atoms with E-state index in [0.29, 0.717) is 6.54 Å². The Morgan fingerprint density at radius 1 is 1.65 bits per heavy atom. The van der Waals surface area contributed by atoms with Gasteiger partial charge in [0.15, 0.2) is 0 Å². The molecule has 0 spiro atoms. The number of hydrogen-bond acceptors (Lipinski definition) is 4. The van der Waals surface area contributed by atoms with Gasteiger partial charge in [-0.1, -0.05) is 11.6 Å². The third kappa shape index (κ3) is 4.87. The van der Waals surface area contributed by atoms with Crippen LogP contribution in [0.15, 0.2) is 12.1 Å². The first kappa shape index (κ1) is 14.8. The Morgan fingerprint density at radius 2 is 2.35 bits per heavy atom. The fraction of sp³-hybridized carbons (Fsp3) is 0.545. The Kier molecular flexibility index (Phi) is 6.33. The van der Waals surface area contributed by atoms with Gasteiger partial charge in [-0.3, -0.25) is 4.79 Å². The molecule has 1 rings (SSSR count). The number of rotatable bonds is 6.